The lowest BCUT2D eigenvalue weighted by Crippen LogP contribution is -2.57. The molecule has 4 amide bonds. The first kappa shape index (κ1) is 16.9. The van der Waals surface area contributed by atoms with E-state index in [-0.39, 0.29) is 5.57 Å². The van der Waals surface area contributed by atoms with Gasteiger partial charge in [-0.1, -0.05) is 36.4 Å². The zero-order valence-corrected chi connectivity index (χ0v) is 14.9. The lowest BCUT2D eigenvalue weighted by Gasteiger charge is -2.33. The lowest BCUT2D eigenvalue weighted by molar-refractivity contribution is -0.121. The summed E-state index contributed by atoms with van der Waals surface area (Å²) in [6, 6.07) is 18.3. The first-order valence-electron chi connectivity index (χ1n) is 8.23. The minimum absolute atomic E-state index is 0.0549. The van der Waals surface area contributed by atoms with E-state index in [1.165, 1.54) is 17.4 Å². The monoisotopic (exact) mass is 374 g/mol. The van der Waals surface area contributed by atoms with Crippen LogP contribution in [0.3, 0.4) is 0 Å². The first-order valence-corrected chi connectivity index (χ1v) is 9.18. The quantitative estimate of drug-likeness (QED) is 0.506. The van der Waals surface area contributed by atoms with Crippen LogP contribution in [0.15, 0.2) is 83.1 Å². The number of carbonyl (C=O) groups is 3. The van der Waals surface area contributed by atoms with Gasteiger partial charge in [-0.25, -0.2) is 14.6 Å². The summed E-state index contributed by atoms with van der Waals surface area (Å²) in [5.74, 6) is -1.26. The predicted molar refractivity (Wildman–Crippen MR) is 106 cm³/mol. The predicted octanol–water partition coefficient (Wildman–Crippen LogP) is 4.33. The number of amides is 4. The van der Waals surface area contributed by atoms with Gasteiger partial charge < -0.3 is 0 Å². The second-order valence-electron chi connectivity index (χ2n) is 5.85. The topological polar surface area (TPSA) is 57.7 Å². The van der Waals surface area contributed by atoms with Crippen molar-refractivity contribution in [2.45, 2.75) is 0 Å². The Morgan fingerprint density at radius 3 is 1.67 bits per heavy atom. The van der Waals surface area contributed by atoms with Crippen LogP contribution >= 0.6 is 11.3 Å². The number of urea groups is 1. The van der Waals surface area contributed by atoms with Gasteiger partial charge >= 0.3 is 6.03 Å². The number of carbonyl (C=O) groups excluding carboxylic acids is 3. The largest absolute Gasteiger partial charge is 0.343 e. The highest BCUT2D eigenvalue weighted by Crippen LogP contribution is 2.29. The van der Waals surface area contributed by atoms with E-state index in [1.54, 1.807) is 60.7 Å². The number of hydrogen-bond acceptors (Lipinski definition) is 4. The molecule has 0 spiro atoms. The van der Waals surface area contributed by atoms with Gasteiger partial charge in [-0.2, -0.15) is 11.3 Å². The number of imide groups is 2. The van der Waals surface area contributed by atoms with Gasteiger partial charge in [0.15, 0.2) is 0 Å². The number of nitrogens with zero attached hydrogens (tertiary/aromatic N) is 2. The van der Waals surface area contributed by atoms with E-state index in [0.717, 1.165) is 15.4 Å². The molecule has 1 aliphatic heterocycles. The molecule has 27 heavy (non-hydrogen) atoms. The van der Waals surface area contributed by atoms with Crippen molar-refractivity contribution in [3.63, 3.8) is 0 Å². The fraction of sp³-hybridized carbons (Fsp3) is 0. The molecule has 6 heteroatoms. The van der Waals surface area contributed by atoms with E-state index < -0.39 is 17.8 Å². The van der Waals surface area contributed by atoms with Crippen molar-refractivity contribution < 1.29 is 14.4 Å². The first-order chi connectivity index (χ1) is 13.2. The highest BCUT2D eigenvalue weighted by Gasteiger charge is 2.43. The van der Waals surface area contributed by atoms with Crippen LogP contribution in [0.5, 0.6) is 0 Å². The Morgan fingerprint density at radius 1 is 0.704 bits per heavy atom. The Bertz CT molecular complexity index is 964. The maximum Gasteiger partial charge on any atom is 0.343 e. The second kappa shape index (κ2) is 7.01. The lowest BCUT2D eigenvalue weighted by atomic mass is 10.1. The van der Waals surface area contributed by atoms with Crippen LogP contribution in [0.4, 0.5) is 16.2 Å². The molecular weight excluding hydrogens is 360 g/mol. The molecular formula is C21H14N2O3S. The van der Waals surface area contributed by atoms with E-state index in [9.17, 15) is 14.4 Å². The van der Waals surface area contributed by atoms with Crippen LogP contribution in [0.1, 0.15) is 5.56 Å². The third kappa shape index (κ3) is 3.07. The van der Waals surface area contributed by atoms with Gasteiger partial charge in [-0.05, 0) is 52.7 Å². The van der Waals surface area contributed by atoms with Gasteiger partial charge in [0.05, 0.1) is 11.4 Å². The summed E-state index contributed by atoms with van der Waals surface area (Å²) < 4.78 is 0. The van der Waals surface area contributed by atoms with Crippen molar-refractivity contribution in [1.29, 1.82) is 0 Å². The van der Waals surface area contributed by atoms with Crippen LogP contribution in [0, 0.1) is 0 Å². The normalized spacial score (nSPS) is 14.7. The molecule has 0 radical (unpaired) electrons. The summed E-state index contributed by atoms with van der Waals surface area (Å²) >= 11 is 1.46. The van der Waals surface area contributed by atoms with Crippen molar-refractivity contribution >= 4 is 46.6 Å². The zero-order valence-electron chi connectivity index (χ0n) is 14.1. The molecule has 0 atom stereocenters. The maximum absolute atomic E-state index is 13.1. The van der Waals surface area contributed by atoms with Gasteiger partial charge in [-0.3, -0.25) is 9.59 Å². The van der Waals surface area contributed by atoms with Gasteiger partial charge in [0.2, 0.25) is 0 Å². The molecule has 132 valence electrons. The molecule has 0 saturated carbocycles. The van der Waals surface area contributed by atoms with E-state index in [1.807, 2.05) is 16.8 Å². The van der Waals surface area contributed by atoms with Gasteiger partial charge in [0.1, 0.15) is 5.57 Å². The highest BCUT2D eigenvalue weighted by atomic mass is 32.1. The Labute approximate surface area is 159 Å². The van der Waals surface area contributed by atoms with Gasteiger partial charge in [-0.15, -0.1) is 0 Å². The molecule has 5 nitrogen and oxygen atoms in total. The van der Waals surface area contributed by atoms with E-state index in [4.69, 9.17) is 0 Å². The third-order valence-corrected chi connectivity index (χ3v) is 4.83. The van der Waals surface area contributed by atoms with Crippen molar-refractivity contribution in [2.75, 3.05) is 9.80 Å². The summed E-state index contributed by atoms with van der Waals surface area (Å²) in [4.78, 5) is 41.2. The van der Waals surface area contributed by atoms with Gasteiger partial charge in [0.25, 0.3) is 11.8 Å². The summed E-state index contributed by atoms with van der Waals surface area (Å²) in [6.45, 7) is 0. The standard InChI is InChI=1S/C21H14N2O3S/c24-19-18(13-15-11-12-27-14-15)20(25)23(17-9-5-2-6-10-17)21(26)22(19)16-7-3-1-4-8-16/h1-14H. The second-order valence-corrected chi connectivity index (χ2v) is 6.63. The molecule has 1 aromatic heterocycles. The molecule has 1 saturated heterocycles. The summed E-state index contributed by atoms with van der Waals surface area (Å²) in [5, 5.41) is 3.70. The Hall–Kier alpha value is -3.51. The van der Waals surface area contributed by atoms with E-state index in [2.05, 4.69) is 0 Å². The molecule has 1 fully saturated rings. The Kier molecular flexibility index (Phi) is 4.40. The third-order valence-electron chi connectivity index (χ3n) is 4.13. The molecule has 2 heterocycles. The number of anilines is 2. The van der Waals surface area contributed by atoms with Crippen molar-refractivity contribution in [2.24, 2.45) is 0 Å². The average Bonchev–Trinajstić information content (AvgIpc) is 3.20. The number of para-hydroxylation sites is 2. The van der Waals surface area contributed by atoms with E-state index >= 15 is 0 Å². The fourth-order valence-corrected chi connectivity index (χ4v) is 3.48. The average molecular weight is 374 g/mol. The summed E-state index contributed by atoms with van der Waals surface area (Å²) in [6.07, 6.45) is 1.53. The maximum atomic E-state index is 13.1. The minimum Gasteiger partial charge on any atom is -0.268 e. The number of thiophene rings is 1. The van der Waals surface area contributed by atoms with Crippen LogP contribution < -0.4 is 9.80 Å². The molecule has 0 unspecified atom stereocenters. The van der Waals surface area contributed by atoms with Crippen molar-refractivity contribution in [1.82, 2.24) is 0 Å². The molecule has 0 aliphatic carbocycles. The molecule has 0 bridgehead atoms. The molecule has 0 N–H and O–H groups in total. The highest BCUT2D eigenvalue weighted by molar-refractivity contribution is 7.08. The zero-order chi connectivity index (χ0) is 18.8. The smallest absolute Gasteiger partial charge is 0.268 e. The fourth-order valence-electron chi connectivity index (χ4n) is 2.86. The minimum atomic E-state index is -0.690. The molecule has 1 aliphatic rings. The number of barbiturate groups is 1. The number of hydrogen-bond donors (Lipinski definition) is 0. The molecule has 4 rings (SSSR count). The van der Waals surface area contributed by atoms with Crippen LogP contribution in [0.2, 0.25) is 0 Å². The molecule has 2 aromatic carbocycles. The number of benzene rings is 2. The van der Waals surface area contributed by atoms with Crippen molar-refractivity contribution in [3.05, 3.63) is 88.6 Å². The van der Waals surface area contributed by atoms with Crippen LogP contribution in [0.25, 0.3) is 6.08 Å². The van der Waals surface area contributed by atoms with Crippen molar-refractivity contribution in [3.8, 4) is 0 Å². The Balaban J connectivity index is 1.87. The van der Waals surface area contributed by atoms with Crippen LogP contribution in [-0.2, 0) is 9.59 Å². The number of rotatable bonds is 3. The van der Waals surface area contributed by atoms with E-state index in [0.29, 0.717) is 11.4 Å². The summed E-state index contributed by atoms with van der Waals surface area (Å²) in [5.41, 5.74) is 1.52. The Morgan fingerprint density at radius 2 is 1.22 bits per heavy atom. The van der Waals surface area contributed by atoms with Gasteiger partial charge in [0, 0.05) is 0 Å². The summed E-state index contributed by atoms with van der Waals surface area (Å²) in [7, 11) is 0. The van der Waals surface area contributed by atoms with Crippen LogP contribution in [-0.4, -0.2) is 17.8 Å². The SMILES string of the molecule is O=C1C(=Cc2ccsc2)C(=O)N(c2ccccc2)C(=O)N1c1ccccc1. The molecule has 3 aromatic rings.